The maximum Gasteiger partial charge on any atom is 0.144 e. The second kappa shape index (κ2) is 5.07. The molecule has 0 saturated carbocycles. The summed E-state index contributed by atoms with van der Waals surface area (Å²) in [6.07, 6.45) is 1.78. The molecule has 0 atom stereocenters. The van der Waals surface area contributed by atoms with Gasteiger partial charge in [-0.25, -0.2) is 4.98 Å². The van der Waals surface area contributed by atoms with Crippen LogP contribution in [0.5, 0.6) is 0 Å². The minimum atomic E-state index is 0.749. The van der Waals surface area contributed by atoms with E-state index in [9.17, 15) is 0 Å². The molecule has 0 saturated heterocycles. The lowest BCUT2D eigenvalue weighted by Gasteiger charge is -2.10. The summed E-state index contributed by atoms with van der Waals surface area (Å²) in [6.45, 7) is 4.01. The molecule has 4 heteroatoms. The van der Waals surface area contributed by atoms with E-state index in [1.807, 2.05) is 38.1 Å². The van der Waals surface area contributed by atoms with Crippen LogP contribution >= 0.6 is 27.5 Å². The van der Waals surface area contributed by atoms with Gasteiger partial charge in [-0.15, -0.1) is 0 Å². The van der Waals surface area contributed by atoms with Crippen LogP contribution in [0.25, 0.3) is 0 Å². The molecule has 0 fully saturated rings. The third-order valence-electron chi connectivity index (χ3n) is 2.52. The summed E-state index contributed by atoms with van der Waals surface area (Å²) in [5.41, 5.74) is 3.13. The number of benzene rings is 1. The van der Waals surface area contributed by atoms with Crippen molar-refractivity contribution >= 4 is 39.0 Å². The van der Waals surface area contributed by atoms with Crippen LogP contribution in [0.1, 0.15) is 11.1 Å². The predicted molar refractivity (Wildman–Crippen MR) is 76.1 cm³/mol. The highest BCUT2D eigenvalue weighted by Crippen LogP contribution is 2.28. The van der Waals surface area contributed by atoms with E-state index in [1.165, 1.54) is 0 Å². The van der Waals surface area contributed by atoms with Crippen LogP contribution in [0.4, 0.5) is 11.5 Å². The zero-order valence-electron chi connectivity index (χ0n) is 9.59. The summed E-state index contributed by atoms with van der Waals surface area (Å²) >= 11 is 9.59. The molecule has 17 heavy (non-hydrogen) atoms. The molecule has 0 amide bonds. The van der Waals surface area contributed by atoms with E-state index >= 15 is 0 Å². The Morgan fingerprint density at radius 1 is 1.18 bits per heavy atom. The molecule has 1 heterocycles. The third-order valence-corrected chi connectivity index (χ3v) is 3.93. The number of aryl methyl sites for hydroxylation is 2. The fraction of sp³-hybridized carbons (Fsp3) is 0.154. The molecule has 0 radical (unpaired) electrons. The van der Waals surface area contributed by atoms with Crippen LogP contribution in [0.3, 0.4) is 0 Å². The minimum Gasteiger partial charge on any atom is -0.339 e. The summed E-state index contributed by atoms with van der Waals surface area (Å²) in [5, 5.41) is 3.99. The normalized spacial score (nSPS) is 10.4. The highest BCUT2D eigenvalue weighted by Gasteiger charge is 2.05. The molecule has 0 aliphatic heterocycles. The van der Waals surface area contributed by atoms with Gasteiger partial charge in [0.2, 0.25) is 0 Å². The first-order valence-corrected chi connectivity index (χ1v) is 6.39. The van der Waals surface area contributed by atoms with Crippen LogP contribution < -0.4 is 5.32 Å². The van der Waals surface area contributed by atoms with Gasteiger partial charge in [0, 0.05) is 16.9 Å². The molecule has 1 aromatic heterocycles. The number of hydrogen-bond donors (Lipinski definition) is 1. The van der Waals surface area contributed by atoms with Gasteiger partial charge in [0.1, 0.15) is 5.82 Å². The third kappa shape index (κ3) is 2.79. The monoisotopic (exact) mass is 310 g/mol. The SMILES string of the molecule is Cc1ccc(Nc2nccc(C)c2Br)cc1Cl. The van der Waals surface area contributed by atoms with Gasteiger partial charge in [0.05, 0.1) is 4.47 Å². The van der Waals surface area contributed by atoms with E-state index in [0.29, 0.717) is 0 Å². The maximum atomic E-state index is 6.08. The predicted octanol–water partition coefficient (Wildman–Crippen LogP) is 4.86. The van der Waals surface area contributed by atoms with Crippen LogP contribution in [0, 0.1) is 13.8 Å². The van der Waals surface area contributed by atoms with Gasteiger partial charge in [-0.05, 0) is 59.1 Å². The van der Waals surface area contributed by atoms with Crippen molar-refractivity contribution in [3.63, 3.8) is 0 Å². The minimum absolute atomic E-state index is 0.749. The summed E-state index contributed by atoms with van der Waals surface area (Å²) in [6, 6.07) is 7.82. The maximum absolute atomic E-state index is 6.08. The molecule has 0 spiro atoms. The van der Waals surface area contributed by atoms with Crippen molar-refractivity contribution in [2.75, 3.05) is 5.32 Å². The molecular weight excluding hydrogens is 300 g/mol. The van der Waals surface area contributed by atoms with E-state index in [-0.39, 0.29) is 0 Å². The van der Waals surface area contributed by atoms with Gasteiger partial charge in [-0.1, -0.05) is 17.7 Å². The van der Waals surface area contributed by atoms with E-state index in [1.54, 1.807) is 6.20 Å². The lowest BCUT2D eigenvalue weighted by molar-refractivity contribution is 1.25. The quantitative estimate of drug-likeness (QED) is 0.857. The van der Waals surface area contributed by atoms with Crippen LogP contribution in [-0.4, -0.2) is 4.98 Å². The van der Waals surface area contributed by atoms with Gasteiger partial charge in [0.15, 0.2) is 0 Å². The first-order chi connectivity index (χ1) is 8.08. The molecule has 2 rings (SSSR count). The highest BCUT2D eigenvalue weighted by atomic mass is 79.9. The fourth-order valence-electron chi connectivity index (χ4n) is 1.43. The van der Waals surface area contributed by atoms with Gasteiger partial charge in [-0.3, -0.25) is 0 Å². The highest BCUT2D eigenvalue weighted by molar-refractivity contribution is 9.10. The molecule has 0 unspecified atom stereocenters. The second-order valence-corrected chi connectivity index (χ2v) is 5.08. The molecular formula is C13H12BrClN2. The number of rotatable bonds is 2. The number of anilines is 2. The van der Waals surface area contributed by atoms with Crippen LogP contribution in [0.2, 0.25) is 5.02 Å². The Bertz CT molecular complexity index is 555. The molecule has 0 bridgehead atoms. The van der Waals surface area contributed by atoms with Gasteiger partial charge >= 0.3 is 0 Å². The topological polar surface area (TPSA) is 24.9 Å². The molecule has 0 aliphatic rings. The zero-order valence-corrected chi connectivity index (χ0v) is 11.9. The second-order valence-electron chi connectivity index (χ2n) is 3.88. The van der Waals surface area contributed by atoms with Gasteiger partial charge in [-0.2, -0.15) is 0 Å². The average Bonchev–Trinajstić information content (AvgIpc) is 2.30. The van der Waals surface area contributed by atoms with E-state index in [2.05, 4.69) is 26.2 Å². The van der Waals surface area contributed by atoms with Crippen molar-refractivity contribution in [2.45, 2.75) is 13.8 Å². The Kier molecular flexibility index (Phi) is 3.69. The smallest absolute Gasteiger partial charge is 0.144 e. The number of halogens is 2. The van der Waals surface area contributed by atoms with Crippen molar-refractivity contribution in [1.29, 1.82) is 0 Å². The number of nitrogens with one attached hydrogen (secondary N) is 1. The Morgan fingerprint density at radius 2 is 1.94 bits per heavy atom. The number of hydrogen-bond acceptors (Lipinski definition) is 2. The average molecular weight is 312 g/mol. The summed E-state index contributed by atoms with van der Waals surface area (Å²) in [5.74, 6) is 0.796. The van der Waals surface area contributed by atoms with Crippen LogP contribution in [0.15, 0.2) is 34.9 Å². The van der Waals surface area contributed by atoms with E-state index in [0.717, 1.165) is 32.1 Å². The molecule has 88 valence electrons. The molecule has 2 aromatic rings. The standard InChI is InChI=1S/C13H12BrClN2/c1-8-3-4-10(7-11(8)15)17-13-12(14)9(2)5-6-16-13/h3-7H,1-2H3,(H,16,17). The number of nitrogens with zero attached hydrogens (tertiary/aromatic N) is 1. The van der Waals surface area contributed by atoms with Gasteiger partial charge in [0.25, 0.3) is 0 Å². The lowest BCUT2D eigenvalue weighted by Crippen LogP contribution is -1.96. The van der Waals surface area contributed by atoms with Crippen molar-refractivity contribution in [3.05, 3.63) is 51.1 Å². The molecule has 1 aromatic carbocycles. The first kappa shape index (κ1) is 12.4. The van der Waals surface area contributed by atoms with E-state index < -0.39 is 0 Å². The molecule has 2 nitrogen and oxygen atoms in total. The Balaban J connectivity index is 2.31. The lowest BCUT2D eigenvalue weighted by atomic mass is 10.2. The van der Waals surface area contributed by atoms with E-state index in [4.69, 9.17) is 11.6 Å². The number of pyridine rings is 1. The summed E-state index contributed by atoms with van der Waals surface area (Å²) < 4.78 is 0.969. The zero-order chi connectivity index (χ0) is 12.4. The Morgan fingerprint density at radius 3 is 2.65 bits per heavy atom. The number of aromatic nitrogens is 1. The Labute approximate surface area is 114 Å². The fourth-order valence-corrected chi connectivity index (χ4v) is 1.95. The van der Waals surface area contributed by atoms with Gasteiger partial charge < -0.3 is 5.32 Å². The Hall–Kier alpha value is -1.06. The molecule has 1 N–H and O–H groups in total. The van der Waals surface area contributed by atoms with Crippen molar-refractivity contribution < 1.29 is 0 Å². The van der Waals surface area contributed by atoms with Crippen LogP contribution in [-0.2, 0) is 0 Å². The molecule has 0 aliphatic carbocycles. The van der Waals surface area contributed by atoms with Crippen molar-refractivity contribution in [2.24, 2.45) is 0 Å². The largest absolute Gasteiger partial charge is 0.339 e. The first-order valence-electron chi connectivity index (χ1n) is 5.22. The van der Waals surface area contributed by atoms with Crippen molar-refractivity contribution in [3.8, 4) is 0 Å². The summed E-state index contributed by atoms with van der Waals surface area (Å²) in [7, 11) is 0. The van der Waals surface area contributed by atoms with Crippen molar-refractivity contribution in [1.82, 2.24) is 4.98 Å². The summed E-state index contributed by atoms with van der Waals surface area (Å²) in [4.78, 5) is 4.29.